The number of carbonyl (C=O) groups is 1. The fourth-order valence-electron chi connectivity index (χ4n) is 1.80. The lowest BCUT2D eigenvalue weighted by Crippen LogP contribution is -2.37. The summed E-state index contributed by atoms with van der Waals surface area (Å²) in [5.74, 6) is 0.567. The molecule has 0 aliphatic carbocycles. The molecule has 1 rings (SSSR count). The highest BCUT2D eigenvalue weighted by Gasteiger charge is 2.17. The molecule has 0 aliphatic heterocycles. The second kappa shape index (κ2) is 8.27. The predicted molar refractivity (Wildman–Crippen MR) is 77.8 cm³/mol. The van der Waals surface area contributed by atoms with E-state index in [0.717, 1.165) is 19.4 Å². The lowest BCUT2D eigenvalue weighted by atomic mass is 10.0. The van der Waals surface area contributed by atoms with Gasteiger partial charge in [0.2, 0.25) is 5.91 Å². The number of thiophene rings is 1. The zero-order valence-corrected chi connectivity index (χ0v) is 12.3. The van der Waals surface area contributed by atoms with Gasteiger partial charge in [-0.05, 0) is 23.8 Å². The zero-order valence-electron chi connectivity index (χ0n) is 11.5. The Bertz CT molecular complexity index is 336. The molecule has 0 saturated carbocycles. The van der Waals surface area contributed by atoms with E-state index in [-0.39, 0.29) is 11.9 Å². The van der Waals surface area contributed by atoms with Gasteiger partial charge in [0.05, 0.1) is 6.54 Å². The van der Waals surface area contributed by atoms with Gasteiger partial charge in [-0.25, -0.2) is 0 Å². The Kier molecular flexibility index (Phi) is 6.98. The normalized spacial score (nSPS) is 12.7. The van der Waals surface area contributed by atoms with E-state index in [2.05, 4.69) is 48.9 Å². The van der Waals surface area contributed by atoms with Crippen LogP contribution in [0.1, 0.15) is 44.5 Å². The molecule has 0 radical (unpaired) electrons. The second-order valence-corrected chi connectivity index (χ2v) is 5.80. The van der Waals surface area contributed by atoms with Crippen LogP contribution in [0.5, 0.6) is 0 Å². The fourth-order valence-corrected chi connectivity index (χ4v) is 2.78. The van der Waals surface area contributed by atoms with Gasteiger partial charge >= 0.3 is 0 Å². The van der Waals surface area contributed by atoms with Crippen molar-refractivity contribution in [3.8, 4) is 0 Å². The van der Waals surface area contributed by atoms with Crippen LogP contribution in [0.15, 0.2) is 17.5 Å². The minimum Gasteiger partial charge on any atom is -0.355 e. The van der Waals surface area contributed by atoms with E-state index in [1.165, 1.54) is 4.88 Å². The van der Waals surface area contributed by atoms with Crippen LogP contribution < -0.4 is 10.6 Å². The van der Waals surface area contributed by atoms with Gasteiger partial charge < -0.3 is 10.6 Å². The van der Waals surface area contributed by atoms with E-state index in [1.807, 2.05) is 0 Å². The number of amides is 1. The molecule has 1 amide bonds. The molecular weight excluding hydrogens is 244 g/mol. The molecule has 1 aromatic heterocycles. The summed E-state index contributed by atoms with van der Waals surface area (Å²) in [5, 5.41) is 8.35. The highest BCUT2D eigenvalue weighted by Crippen LogP contribution is 2.25. The number of rotatable bonds is 8. The number of unbranched alkanes of at least 4 members (excludes halogenated alkanes) is 1. The number of hydrogen-bond donors (Lipinski definition) is 2. The predicted octanol–water partition coefficient (Wildman–Crippen LogP) is 2.95. The fraction of sp³-hybridized carbons (Fsp3) is 0.643. The molecule has 1 atom stereocenters. The Morgan fingerprint density at radius 1 is 1.44 bits per heavy atom. The van der Waals surface area contributed by atoms with Crippen molar-refractivity contribution < 1.29 is 4.79 Å². The molecule has 0 aliphatic rings. The van der Waals surface area contributed by atoms with E-state index in [1.54, 1.807) is 11.3 Å². The van der Waals surface area contributed by atoms with Crippen molar-refractivity contribution in [1.82, 2.24) is 10.6 Å². The molecule has 1 unspecified atom stereocenters. The maximum atomic E-state index is 11.6. The van der Waals surface area contributed by atoms with E-state index >= 15 is 0 Å². The molecule has 0 saturated heterocycles. The Hall–Kier alpha value is -0.870. The maximum Gasteiger partial charge on any atom is 0.233 e. The average molecular weight is 268 g/mol. The van der Waals surface area contributed by atoms with Gasteiger partial charge in [-0.1, -0.05) is 33.3 Å². The molecule has 1 aromatic rings. The molecule has 2 N–H and O–H groups in total. The molecule has 1 heterocycles. The summed E-state index contributed by atoms with van der Waals surface area (Å²) in [5.41, 5.74) is 0. The van der Waals surface area contributed by atoms with Crippen LogP contribution in [0.2, 0.25) is 0 Å². The van der Waals surface area contributed by atoms with Crippen molar-refractivity contribution >= 4 is 17.2 Å². The lowest BCUT2D eigenvalue weighted by Gasteiger charge is -2.21. The van der Waals surface area contributed by atoms with Gasteiger partial charge in [0.1, 0.15) is 0 Å². The second-order valence-electron chi connectivity index (χ2n) is 4.82. The molecule has 102 valence electrons. The first-order valence-corrected chi connectivity index (χ1v) is 7.56. The summed E-state index contributed by atoms with van der Waals surface area (Å²) in [7, 11) is 0. The summed E-state index contributed by atoms with van der Waals surface area (Å²) in [6.45, 7) is 7.64. The lowest BCUT2D eigenvalue weighted by molar-refractivity contribution is -0.120. The van der Waals surface area contributed by atoms with Gasteiger partial charge in [-0.3, -0.25) is 4.79 Å². The van der Waals surface area contributed by atoms with Gasteiger partial charge in [0, 0.05) is 17.5 Å². The van der Waals surface area contributed by atoms with E-state index in [9.17, 15) is 4.79 Å². The summed E-state index contributed by atoms with van der Waals surface area (Å²) < 4.78 is 0. The Labute approximate surface area is 114 Å². The summed E-state index contributed by atoms with van der Waals surface area (Å²) in [6.07, 6.45) is 2.15. The molecule has 4 heteroatoms. The van der Waals surface area contributed by atoms with Crippen LogP contribution in [0.4, 0.5) is 0 Å². The Balaban J connectivity index is 2.37. The van der Waals surface area contributed by atoms with Crippen molar-refractivity contribution in [2.45, 2.75) is 39.7 Å². The SMILES string of the molecule is CCCCNC(=O)CNC(c1cccs1)C(C)C. The van der Waals surface area contributed by atoms with E-state index in [0.29, 0.717) is 12.5 Å². The quantitative estimate of drug-likeness (QED) is 0.712. The molecular formula is C14H24N2OS. The summed E-state index contributed by atoms with van der Waals surface area (Å²) in [4.78, 5) is 12.9. The molecule has 0 spiro atoms. The third-order valence-electron chi connectivity index (χ3n) is 2.85. The number of nitrogens with one attached hydrogen (secondary N) is 2. The molecule has 18 heavy (non-hydrogen) atoms. The number of carbonyl (C=O) groups excluding carboxylic acids is 1. The highest BCUT2D eigenvalue weighted by atomic mass is 32.1. The highest BCUT2D eigenvalue weighted by molar-refractivity contribution is 7.10. The maximum absolute atomic E-state index is 11.6. The molecule has 0 fully saturated rings. The van der Waals surface area contributed by atoms with Crippen LogP contribution in [0.3, 0.4) is 0 Å². The third kappa shape index (κ3) is 5.19. The molecule has 0 aromatic carbocycles. The number of hydrogen-bond acceptors (Lipinski definition) is 3. The first kappa shape index (κ1) is 15.2. The van der Waals surface area contributed by atoms with Crippen molar-refractivity contribution in [3.63, 3.8) is 0 Å². The van der Waals surface area contributed by atoms with Crippen molar-refractivity contribution in [3.05, 3.63) is 22.4 Å². The zero-order chi connectivity index (χ0) is 13.4. The van der Waals surface area contributed by atoms with Crippen molar-refractivity contribution in [1.29, 1.82) is 0 Å². The van der Waals surface area contributed by atoms with Crippen LogP contribution in [-0.4, -0.2) is 19.0 Å². The average Bonchev–Trinajstić information content (AvgIpc) is 2.83. The van der Waals surface area contributed by atoms with Gasteiger partial charge in [-0.2, -0.15) is 0 Å². The molecule has 0 bridgehead atoms. The third-order valence-corrected chi connectivity index (χ3v) is 3.81. The minimum absolute atomic E-state index is 0.0886. The largest absolute Gasteiger partial charge is 0.355 e. The first-order valence-electron chi connectivity index (χ1n) is 6.68. The first-order chi connectivity index (χ1) is 8.65. The van der Waals surface area contributed by atoms with Crippen LogP contribution in [-0.2, 0) is 4.79 Å². The van der Waals surface area contributed by atoms with E-state index in [4.69, 9.17) is 0 Å². The molecule has 3 nitrogen and oxygen atoms in total. The monoisotopic (exact) mass is 268 g/mol. The van der Waals surface area contributed by atoms with Crippen LogP contribution in [0.25, 0.3) is 0 Å². The Morgan fingerprint density at radius 3 is 2.78 bits per heavy atom. The standard InChI is InChI=1S/C14H24N2OS/c1-4-5-8-15-13(17)10-16-14(11(2)3)12-7-6-9-18-12/h6-7,9,11,14,16H,4-5,8,10H2,1-3H3,(H,15,17). The summed E-state index contributed by atoms with van der Waals surface area (Å²) in [6, 6.07) is 4.44. The van der Waals surface area contributed by atoms with Gasteiger partial charge in [0.15, 0.2) is 0 Å². The van der Waals surface area contributed by atoms with Crippen LogP contribution in [0, 0.1) is 5.92 Å². The minimum atomic E-state index is 0.0886. The Morgan fingerprint density at radius 2 is 2.22 bits per heavy atom. The van der Waals surface area contributed by atoms with Gasteiger partial charge in [0.25, 0.3) is 0 Å². The van der Waals surface area contributed by atoms with E-state index < -0.39 is 0 Å². The smallest absolute Gasteiger partial charge is 0.233 e. The topological polar surface area (TPSA) is 41.1 Å². The van der Waals surface area contributed by atoms with Crippen LogP contribution >= 0.6 is 11.3 Å². The van der Waals surface area contributed by atoms with Crippen molar-refractivity contribution in [2.75, 3.05) is 13.1 Å². The summed E-state index contributed by atoms with van der Waals surface area (Å²) >= 11 is 1.74. The van der Waals surface area contributed by atoms with Gasteiger partial charge in [-0.15, -0.1) is 11.3 Å². The van der Waals surface area contributed by atoms with Crippen molar-refractivity contribution in [2.24, 2.45) is 5.92 Å².